The molecule has 0 unspecified atom stereocenters. The van der Waals surface area contributed by atoms with Gasteiger partial charge in [0, 0.05) is 37.5 Å². The number of anilines is 1. The number of aliphatic hydroxyl groups is 1. The quantitative estimate of drug-likeness (QED) is 0.340. The lowest BCUT2D eigenvalue weighted by Gasteiger charge is -2.18. The molecule has 1 aliphatic heterocycles. The Morgan fingerprint density at radius 1 is 1.26 bits per heavy atom. The Balaban J connectivity index is 1.47. The number of aryl methyl sites for hydroxylation is 3. The second-order valence-corrected chi connectivity index (χ2v) is 8.23. The van der Waals surface area contributed by atoms with Crippen molar-refractivity contribution < 1.29 is 24.5 Å². The molecule has 11 nitrogen and oxygen atoms in total. The van der Waals surface area contributed by atoms with Gasteiger partial charge >= 0.3 is 5.97 Å². The minimum absolute atomic E-state index is 0.185. The van der Waals surface area contributed by atoms with Crippen molar-refractivity contribution in [2.45, 2.75) is 44.9 Å². The molecule has 0 aromatic carbocycles. The van der Waals surface area contributed by atoms with Crippen molar-refractivity contribution in [1.29, 1.82) is 0 Å². The summed E-state index contributed by atoms with van der Waals surface area (Å²) in [5.41, 5.74) is 3.14. The largest absolute Gasteiger partial charge is 0.481 e. The molecule has 0 radical (unpaired) electrons. The summed E-state index contributed by atoms with van der Waals surface area (Å²) in [6.45, 7) is 0.941. The van der Waals surface area contributed by atoms with Gasteiger partial charge in [-0.1, -0.05) is 12.1 Å². The Bertz CT molecular complexity index is 1190. The average molecular weight is 481 g/mol. The van der Waals surface area contributed by atoms with Crippen molar-refractivity contribution in [3.05, 3.63) is 64.7 Å². The van der Waals surface area contributed by atoms with Crippen LogP contribution in [0.2, 0.25) is 0 Å². The van der Waals surface area contributed by atoms with E-state index in [1.165, 1.54) is 25.1 Å². The third kappa shape index (κ3) is 5.75. The number of carboxylic acid groups (broad SMARTS) is 1. The monoisotopic (exact) mass is 480 g/mol. The number of amides is 1. The summed E-state index contributed by atoms with van der Waals surface area (Å²) in [5, 5.41) is 29.6. The lowest BCUT2D eigenvalue weighted by molar-refractivity contribution is -0.137. The normalized spacial score (nSPS) is 13.4. The highest BCUT2D eigenvalue weighted by molar-refractivity contribution is 5.95. The number of aliphatic carboxylic acids is 1. The van der Waals surface area contributed by atoms with E-state index < -0.39 is 24.5 Å². The fraction of sp³-hybridized carbons (Fsp3) is 0.375. The van der Waals surface area contributed by atoms with E-state index in [4.69, 9.17) is 4.74 Å². The molecule has 4 heterocycles. The van der Waals surface area contributed by atoms with E-state index in [9.17, 15) is 19.8 Å². The summed E-state index contributed by atoms with van der Waals surface area (Å²) in [4.78, 5) is 33.2. The zero-order valence-corrected chi connectivity index (χ0v) is 19.4. The first-order valence-electron chi connectivity index (χ1n) is 11.4. The van der Waals surface area contributed by atoms with Crippen LogP contribution < -0.4 is 15.4 Å². The van der Waals surface area contributed by atoms with Gasteiger partial charge in [0.05, 0.1) is 43.6 Å². The molecule has 35 heavy (non-hydrogen) atoms. The third-order valence-corrected chi connectivity index (χ3v) is 5.93. The predicted molar refractivity (Wildman–Crippen MR) is 126 cm³/mol. The Hall–Kier alpha value is -3.99. The number of fused-ring (bicyclic) bond motifs is 1. The molecular formula is C24H28N6O5. The minimum atomic E-state index is -1.07. The molecule has 4 rings (SSSR count). The third-order valence-electron chi connectivity index (χ3n) is 5.93. The molecule has 1 aliphatic rings. The highest BCUT2D eigenvalue weighted by Gasteiger charge is 2.23. The van der Waals surface area contributed by atoms with Crippen LogP contribution in [-0.4, -0.2) is 55.5 Å². The van der Waals surface area contributed by atoms with Gasteiger partial charge < -0.3 is 25.6 Å². The number of aromatic nitrogens is 4. The van der Waals surface area contributed by atoms with E-state index in [0.29, 0.717) is 30.1 Å². The fourth-order valence-corrected chi connectivity index (χ4v) is 4.07. The van der Waals surface area contributed by atoms with E-state index in [2.05, 4.69) is 31.8 Å². The second-order valence-electron chi connectivity index (χ2n) is 8.23. The second kappa shape index (κ2) is 11.0. The van der Waals surface area contributed by atoms with Crippen molar-refractivity contribution >= 4 is 17.7 Å². The number of hydrogen-bond acceptors (Lipinski definition) is 8. The molecule has 1 atom stereocenters. The fourth-order valence-electron chi connectivity index (χ4n) is 4.07. The van der Waals surface area contributed by atoms with Crippen molar-refractivity contribution in [1.82, 2.24) is 25.1 Å². The van der Waals surface area contributed by atoms with Crippen LogP contribution >= 0.6 is 0 Å². The van der Waals surface area contributed by atoms with Crippen LogP contribution in [0.5, 0.6) is 5.88 Å². The van der Waals surface area contributed by atoms with Gasteiger partial charge in [-0.25, -0.2) is 9.97 Å². The summed E-state index contributed by atoms with van der Waals surface area (Å²) >= 11 is 0. The molecule has 0 aliphatic carbocycles. The van der Waals surface area contributed by atoms with Crippen LogP contribution in [0.1, 0.15) is 51.8 Å². The number of carbonyl (C=O) groups is 2. The number of nitrogens with zero attached hydrogens (tertiary/aromatic N) is 4. The SMILES string of the molecule is COc1ccc([C@H](CC(=O)O)NC(=O)c2cnn(CCc3ccc4c(n3)NCCC4)c2CO)cn1. The molecule has 0 fully saturated rings. The number of rotatable bonds is 10. The molecule has 0 saturated heterocycles. The standard InChI is InChI=1S/C24H28N6O5/c1-35-21-7-5-16(12-26-21)19(11-22(32)33)29-24(34)18-13-27-30(20(18)14-31)10-8-17-6-4-15-3-2-9-25-23(15)28-17/h4-7,12-13,19,31H,2-3,8-11,14H2,1H3,(H,25,28)(H,29,34)(H,32,33)/t19-/m0/s1. The summed E-state index contributed by atoms with van der Waals surface area (Å²) < 4.78 is 6.61. The van der Waals surface area contributed by atoms with Gasteiger partial charge in [0.2, 0.25) is 5.88 Å². The highest BCUT2D eigenvalue weighted by Crippen LogP contribution is 2.22. The number of carboxylic acids is 1. The lowest BCUT2D eigenvalue weighted by Crippen LogP contribution is -2.31. The minimum Gasteiger partial charge on any atom is -0.481 e. The number of nitrogens with one attached hydrogen (secondary N) is 2. The molecule has 0 spiro atoms. The Morgan fingerprint density at radius 3 is 2.83 bits per heavy atom. The number of hydrogen-bond donors (Lipinski definition) is 4. The van der Waals surface area contributed by atoms with Gasteiger partial charge in [-0.05, 0) is 30.0 Å². The van der Waals surface area contributed by atoms with Crippen molar-refractivity contribution in [3.8, 4) is 5.88 Å². The number of methoxy groups -OCH3 is 1. The summed E-state index contributed by atoms with van der Waals surface area (Å²) in [7, 11) is 1.48. The van der Waals surface area contributed by atoms with Crippen LogP contribution in [0.25, 0.3) is 0 Å². The average Bonchev–Trinajstić information content (AvgIpc) is 3.30. The van der Waals surface area contributed by atoms with Crippen LogP contribution in [0, 0.1) is 0 Å². The van der Waals surface area contributed by atoms with Crippen molar-refractivity contribution in [2.75, 3.05) is 19.0 Å². The van der Waals surface area contributed by atoms with Gasteiger partial charge in [-0.2, -0.15) is 5.10 Å². The summed E-state index contributed by atoms with van der Waals surface area (Å²) in [5.74, 6) is -0.314. The van der Waals surface area contributed by atoms with E-state index >= 15 is 0 Å². The molecule has 1 amide bonds. The molecule has 11 heteroatoms. The van der Waals surface area contributed by atoms with Crippen molar-refractivity contribution in [2.24, 2.45) is 0 Å². The highest BCUT2D eigenvalue weighted by atomic mass is 16.5. The van der Waals surface area contributed by atoms with Gasteiger partial charge in [-0.15, -0.1) is 0 Å². The Labute approximate surface area is 202 Å². The smallest absolute Gasteiger partial charge is 0.305 e. The maximum absolute atomic E-state index is 13.0. The van der Waals surface area contributed by atoms with Gasteiger partial charge in [0.1, 0.15) is 5.82 Å². The van der Waals surface area contributed by atoms with Crippen LogP contribution in [0.4, 0.5) is 5.82 Å². The molecule has 3 aromatic heterocycles. The van der Waals surface area contributed by atoms with E-state index in [-0.39, 0.29) is 12.0 Å². The Kier molecular flexibility index (Phi) is 7.56. The van der Waals surface area contributed by atoms with Crippen LogP contribution in [0.15, 0.2) is 36.7 Å². The summed E-state index contributed by atoms with van der Waals surface area (Å²) in [6.07, 6.45) is 5.19. The first-order valence-corrected chi connectivity index (χ1v) is 11.4. The van der Waals surface area contributed by atoms with E-state index in [1.807, 2.05) is 6.07 Å². The molecule has 4 N–H and O–H groups in total. The predicted octanol–water partition coefficient (Wildman–Crippen LogP) is 1.72. The number of ether oxygens (including phenoxy) is 1. The number of aliphatic hydroxyl groups excluding tert-OH is 1. The van der Waals surface area contributed by atoms with Crippen molar-refractivity contribution in [3.63, 3.8) is 0 Å². The van der Waals surface area contributed by atoms with E-state index in [0.717, 1.165) is 30.9 Å². The summed E-state index contributed by atoms with van der Waals surface area (Å²) in [6, 6.07) is 6.49. The molecule has 184 valence electrons. The zero-order valence-electron chi connectivity index (χ0n) is 19.4. The van der Waals surface area contributed by atoms with Crippen LogP contribution in [-0.2, 0) is 30.8 Å². The Morgan fingerprint density at radius 2 is 2.11 bits per heavy atom. The molecule has 3 aromatic rings. The topological polar surface area (TPSA) is 151 Å². The maximum Gasteiger partial charge on any atom is 0.305 e. The maximum atomic E-state index is 13.0. The molecule has 0 bridgehead atoms. The zero-order chi connectivity index (χ0) is 24.8. The van der Waals surface area contributed by atoms with E-state index in [1.54, 1.807) is 16.8 Å². The van der Waals surface area contributed by atoms with Gasteiger partial charge in [0.15, 0.2) is 0 Å². The first-order chi connectivity index (χ1) is 17.0. The number of pyridine rings is 2. The molecule has 0 saturated carbocycles. The van der Waals surface area contributed by atoms with Crippen LogP contribution in [0.3, 0.4) is 0 Å². The number of carbonyl (C=O) groups excluding carboxylic acids is 1. The van der Waals surface area contributed by atoms with Gasteiger partial charge in [0.25, 0.3) is 5.91 Å². The molecular weight excluding hydrogens is 452 g/mol. The first kappa shape index (κ1) is 24.1. The lowest BCUT2D eigenvalue weighted by atomic mass is 10.1. The van der Waals surface area contributed by atoms with Gasteiger partial charge in [-0.3, -0.25) is 14.3 Å².